The summed E-state index contributed by atoms with van der Waals surface area (Å²) in [6.07, 6.45) is 1.57. The van der Waals surface area contributed by atoms with Gasteiger partial charge in [-0.15, -0.1) is 11.3 Å². The molecular weight excluding hydrogens is 475 g/mol. The minimum atomic E-state index is -4.05. The van der Waals surface area contributed by atoms with Crippen molar-refractivity contribution in [2.24, 2.45) is 0 Å². The maximum atomic E-state index is 12.7. The van der Waals surface area contributed by atoms with Gasteiger partial charge >= 0.3 is 29.6 Å². The third-order valence-electron chi connectivity index (χ3n) is 4.87. The first-order valence-corrected chi connectivity index (χ1v) is 11.9. The number of carbonyl (C=O) groups is 2. The maximum Gasteiger partial charge on any atom is 1.00 e. The molecule has 1 aromatic carbocycles. The number of fused-ring (bicyclic) bond motifs is 2. The first-order chi connectivity index (χ1) is 15.2. The fraction of sp³-hybridized carbons (Fsp3) is 0.200. The van der Waals surface area contributed by atoms with Crippen molar-refractivity contribution in [1.82, 2.24) is 9.97 Å². The Morgan fingerprint density at radius 3 is 2.48 bits per heavy atom. The number of benzene rings is 1. The molecule has 2 aromatic heterocycles. The van der Waals surface area contributed by atoms with Gasteiger partial charge in [0.25, 0.3) is 5.91 Å². The number of hydrogen-bond donors (Lipinski definition) is 1. The number of rotatable bonds is 5. The van der Waals surface area contributed by atoms with Crippen molar-refractivity contribution in [1.29, 1.82) is 0 Å². The molecule has 1 aliphatic heterocycles. The van der Waals surface area contributed by atoms with Crippen molar-refractivity contribution in [3.63, 3.8) is 0 Å². The average Bonchev–Trinajstić information content (AvgIpc) is 3.25. The molecule has 0 aliphatic carbocycles. The minimum absolute atomic E-state index is 0. The molecule has 166 valence electrons. The van der Waals surface area contributed by atoms with Crippen molar-refractivity contribution >= 4 is 62.0 Å². The Morgan fingerprint density at radius 2 is 1.82 bits per heavy atom. The summed E-state index contributed by atoms with van der Waals surface area (Å²) in [4.78, 5) is 36.9. The van der Waals surface area contributed by atoms with Crippen LogP contribution in [0.15, 0.2) is 46.8 Å². The molecule has 0 unspecified atom stereocenters. The molecule has 0 bridgehead atoms. The SMILES string of the molecule is CCC(=O)[N-]S(=O)(=O)c1ccc(Nc2ncc3c(n2)N(C)c2ccsc2C(=O)N3C)cc1.[Na+]. The van der Waals surface area contributed by atoms with Gasteiger partial charge in [-0.25, -0.2) is 13.4 Å². The van der Waals surface area contributed by atoms with E-state index in [-0.39, 0.29) is 52.7 Å². The van der Waals surface area contributed by atoms with Crippen molar-refractivity contribution in [3.05, 3.63) is 51.5 Å². The first-order valence-electron chi connectivity index (χ1n) is 9.55. The summed E-state index contributed by atoms with van der Waals surface area (Å²) in [7, 11) is -0.543. The van der Waals surface area contributed by atoms with Gasteiger partial charge in [0, 0.05) is 19.8 Å². The second-order valence-corrected chi connectivity index (χ2v) is 9.44. The fourth-order valence-corrected chi connectivity index (χ4v) is 4.98. The summed E-state index contributed by atoms with van der Waals surface area (Å²) in [5, 5.41) is 4.88. The molecule has 0 atom stereocenters. The largest absolute Gasteiger partial charge is 1.00 e. The van der Waals surface area contributed by atoms with Gasteiger partial charge < -0.3 is 24.6 Å². The van der Waals surface area contributed by atoms with Crippen molar-refractivity contribution in [2.45, 2.75) is 18.2 Å². The van der Waals surface area contributed by atoms with Crippen LogP contribution in [0.1, 0.15) is 23.0 Å². The van der Waals surface area contributed by atoms with Gasteiger partial charge in [0.1, 0.15) is 20.6 Å². The minimum Gasteiger partial charge on any atom is -0.542 e. The van der Waals surface area contributed by atoms with Crippen LogP contribution in [0.2, 0.25) is 0 Å². The average molecular weight is 495 g/mol. The molecule has 1 aliphatic rings. The quantitative estimate of drug-likeness (QED) is 0.512. The summed E-state index contributed by atoms with van der Waals surface area (Å²) in [6.45, 7) is 1.54. The molecule has 13 heteroatoms. The van der Waals surface area contributed by atoms with Crippen LogP contribution in [0, 0.1) is 0 Å². The Balaban J connectivity index is 0.00000306. The van der Waals surface area contributed by atoms with Crippen LogP contribution >= 0.6 is 11.3 Å². The van der Waals surface area contributed by atoms with E-state index in [4.69, 9.17) is 0 Å². The van der Waals surface area contributed by atoms with Gasteiger partial charge in [0.15, 0.2) is 5.82 Å². The van der Waals surface area contributed by atoms with Gasteiger partial charge in [-0.2, -0.15) is 4.98 Å². The summed E-state index contributed by atoms with van der Waals surface area (Å²) in [5.41, 5.74) is 1.87. The fourth-order valence-electron chi connectivity index (χ4n) is 3.10. The molecule has 10 nitrogen and oxygen atoms in total. The van der Waals surface area contributed by atoms with Gasteiger partial charge in [0.05, 0.1) is 22.7 Å². The number of amides is 2. The van der Waals surface area contributed by atoms with Crippen LogP contribution in [0.25, 0.3) is 4.72 Å². The van der Waals surface area contributed by atoms with Crippen LogP contribution in [-0.4, -0.2) is 44.3 Å². The molecule has 3 aromatic rings. The van der Waals surface area contributed by atoms with Crippen LogP contribution in [-0.2, 0) is 14.8 Å². The topological polar surface area (TPSA) is 127 Å². The number of anilines is 5. The molecule has 2 amide bonds. The monoisotopic (exact) mass is 494 g/mol. The van der Waals surface area contributed by atoms with Crippen LogP contribution in [0.4, 0.5) is 28.8 Å². The van der Waals surface area contributed by atoms with Gasteiger partial charge in [-0.3, -0.25) is 4.79 Å². The van der Waals surface area contributed by atoms with E-state index in [1.165, 1.54) is 40.5 Å². The van der Waals surface area contributed by atoms with Gasteiger partial charge in [-0.1, -0.05) is 6.92 Å². The molecule has 33 heavy (non-hydrogen) atoms. The van der Waals surface area contributed by atoms with Gasteiger partial charge in [-0.05, 0) is 42.1 Å². The van der Waals surface area contributed by atoms with E-state index >= 15 is 0 Å². The second-order valence-electron chi connectivity index (χ2n) is 6.92. The normalized spacial score (nSPS) is 12.9. The third kappa shape index (κ3) is 4.89. The van der Waals surface area contributed by atoms with Crippen LogP contribution < -0.4 is 44.7 Å². The molecule has 0 fully saturated rings. The Bertz CT molecular complexity index is 1310. The number of nitrogens with one attached hydrogen (secondary N) is 1. The Labute approximate surface area is 217 Å². The molecule has 3 heterocycles. The Morgan fingerprint density at radius 1 is 1.12 bits per heavy atom. The summed E-state index contributed by atoms with van der Waals surface area (Å²) >= 11 is 1.37. The number of sulfonamides is 1. The zero-order valence-electron chi connectivity index (χ0n) is 18.4. The predicted octanol–water partition coefficient (Wildman–Crippen LogP) is 0.643. The number of nitrogens with zero attached hydrogens (tertiary/aromatic N) is 5. The molecule has 0 spiro atoms. The number of aromatic nitrogens is 2. The van der Waals surface area contributed by atoms with E-state index in [0.717, 1.165) is 5.69 Å². The van der Waals surface area contributed by atoms with Crippen LogP contribution in [0.3, 0.4) is 0 Å². The standard InChI is InChI=1S/C20H20N6O4S2.Na/c1-4-16(27)24-32(29,30)13-7-5-12(6-8-13)22-20-21-11-15-18(23-20)25(2)14-9-10-31-17(14)19(28)26(15)3;/h5-11H,4H2,1-3H3,(H2,21,22,23,24,27);/q;+1/p-1. The summed E-state index contributed by atoms with van der Waals surface area (Å²) in [5.74, 6) is -0.0104. The van der Waals surface area contributed by atoms with E-state index in [0.29, 0.717) is 22.1 Å². The molecular formula is C20H19N6NaO4S2. The Hall–Kier alpha value is -2.51. The van der Waals surface area contributed by atoms with E-state index in [9.17, 15) is 18.0 Å². The zero-order valence-corrected chi connectivity index (χ0v) is 22.1. The van der Waals surface area contributed by atoms with E-state index in [2.05, 4.69) is 20.0 Å². The smallest absolute Gasteiger partial charge is 0.542 e. The Kier molecular flexibility index (Phi) is 7.44. The maximum absolute atomic E-state index is 12.7. The first kappa shape index (κ1) is 25.1. The number of hydrogen-bond acceptors (Lipinski definition) is 9. The molecule has 1 N–H and O–H groups in total. The zero-order chi connectivity index (χ0) is 23.0. The van der Waals surface area contributed by atoms with E-state index < -0.39 is 15.9 Å². The summed E-state index contributed by atoms with van der Waals surface area (Å²) < 4.78 is 27.6. The second kappa shape index (κ2) is 9.77. The number of carbonyl (C=O) groups excluding carboxylic acids is 2. The van der Waals surface area contributed by atoms with E-state index in [1.807, 2.05) is 23.4 Å². The van der Waals surface area contributed by atoms with Crippen molar-refractivity contribution < 1.29 is 47.6 Å². The van der Waals surface area contributed by atoms with Crippen molar-refractivity contribution in [3.8, 4) is 0 Å². The summed E-state index contributed by atoms with van der Waals surface area (Å²) in [6, 6.07) is 7.63. The molecule has 0 saturated carbocycles. The van der Waals surface area contributed by atoms with E-state index in [1.54, 1.807) is 20.2 Å². The number of thiophene rings is 1. The van der Waals surface area contributed by atoms with Crippen molar-refractivity contribution in [2.75, 3.05) is 29.2 Å². The predicted molar refractivity (Wildman–Crippen MR) is 123 cm³/mol. The van der Waals surface area contributed by atoms with Crippen LogP contribution in [0.5, 0.6) is 0 Å². The molecule has 0 saturated heterocycles. The third-order valence-corrected chi connectivity index (χ3v) is 7.07. The van der Waals surface area contributed by atoms with Gasteiger partial charge in [0.2, 0.25) is 5.95 Å². The molecule has 4 rings (SSSR count). The molecule has 0 radical (unpaired) electrons.